The van der Waals surface area contributed by atoms with Gasteiger partial charge in [0.1, 0.15) is 28.8 Å². The van der Waals surface area contributed by atoms with E-state index in [-0.39, 0.29) is 30.6 Å². The first-order valence-electron chi connectivity index (χ1n) is 11.4. The number of carbonyl (C=O) groups is 2. The average molecular weight is 515 g/mol. The van der Waals surface area contributed by atoms with Crippen LogP contribution in [-0.2, 0) is 6.61 Å². The Balaban J connectivity index is 1.32. The monoisotopic (exact) mass is 514 g/mol. The highest BCUT2D eigenvalue weighted by Gasteiger charge is 2.29. The minimum absolute atomic E-state index is 0.185. The number of anilines is 1. The van der Waals surface area contributed by atoms with Crippen molar-refractivity contribution in [2.45, 2.75) is 44.4 Å². The third-order valence-corrected chi connectivity index (χ3v) is 6.79. The molecule has 2 aromatic carbocycles. The van der Waals surface area contributed by atoms with Crippen LogP contribution in [0.5, 0.6) is 11.5 Å². The van der Waals surface area contributed by atoms with Gasteiger partial charge in [0.25, 0.3) is 5.91 Å². The van der Waals surface area contributed by atoms with Gasteiger partial charge in [0.15, 0.2) is 0 Å². The first-order valence-corrected chi connectivity index (χ1v) is 12.6. The quantitative estimate of drug-likeness (QED) is 0.381. The van der Waals surface area contributed by atoms with Crippen LogP contribution in [0.25, 0.3) is 0 Å². The van der Waals surface area contributed by atoms with Crippen molar-refractivity contribution in [1.29, 1.82) is 0 Å². The van der Waals surface area contributed by atoms with Gasteiger partial charge in [-0.25, -0.2) is 9.78 Å². The van der Waals surface area contributed by atoms with E-state index >= 15 is 0 Å². The lowest BCUT2D eigenvalue weighted by molar-refractivity contribution is 0.0911. The van der Waals surface area contributed by atoms with E-state index in [9.17, 15) is 9.59 Å². The molecule has 0 saturated heterocycles. The molecular weight excluding hydrogens is 488 g/mol. The highest BCUT2D eigenvalue weighted by molar-refractivity contribution is 7.09. The van der Waals surface area contributed by atoms with E-state index < -0.39 is 0 Å². The Morgan fingerprint density at radius 2 is 1.77 bits per heavy atom. The van der Waals surface area contributed by atoms with Crippen LogP contribution in [0.2, 0.25) is 5.02 Å². The number of hydrogen-bond donors (Lipinski definition) is 3. The number of ether oxygens (including phenoxy) is 2. The number of aromatic nitrogens is 1. The summed E-state index contributed by atoms with van der Waals surface area (Å²) in [7, 11) is 1.55. The summed E-state index contributed by atoms with van der Waals surface area (Å²) >= 11 is 7.26. The largest absolute Gasteiger partial charge is 0.495 e. The molecule has 8 nitrogen and oxygen atoms in total. The molecule has 2 atom stereocenters. The summed E-state index contributed by atoms with van der Waals surface area (Å²) in [6.07, 6.45) is 3.52. The number of urea groups is 1. The fourth-order valence-electron chi connectivity index (χ4n) is 3.95. The normalized spacial score (nSPS) is 17.3. The Morgan fingerprint density at radius 1 is 1.06 bits per heavy atom. The molecule has 3 amide bonds. The summed E-state index contributed by atoms with van der Waals surface area (Å²) in [6.45, 7) is 0.260. The van der Waals surface area contributed by atoms with E-state index in [2.05, 4.69) is 20.9 Å². The van der Waals surface area contributed by atoms with Crippen LogP contribution in [0.1, 0.15) is 41.2 Å². The Bertz CT molecular complexity index is 1150. The highest BCUT2D eigenvalue weighted by atomic mass is 35.5. The molecule has 1 aliphatic carbocycles. The topological polar surface area (TPSA) is 102 Å². The minimum atomic E-state index is -0.337. The predicted octanol–water partition coefficient (Wildman–Crippen LogP) is 5.25. The molecule has 0 bridgehead atoms. The Hall–Kier alpha value is -3.30. The fraction of sp³-hybridized carbons (Fsp3) is 0.320. The number of hydrogen-bond acceptors (Lipinski definition) is 6. The van der Waals surface area contributed by atoms with Gasteiger partial charge in [-0.1, -0.05) is 36.6 Å². The van der Waals surface area contributed by atoms with Crippen molar-refractivity contribution in [3.05, 3.63) is 69.6 Å². The zero-order valence-electron chi connectivity index (χ0n) is 19.3. The van der Waals surface area contributed by atoms with Gasteiger partial charge in [-0.2, -0.15) is 0 Å². The molecule has 0 spiro atoms. The third-order valence-electron chi connectivity index (χ3n) is 5.71. The molecule has 184 valence electrons. The van der Waals surface area contributed by atoms with Crippen LogP contribution in [0.15, 0.2) is 53.9 Å². The van der Waals surface area contributed by atoms with Crippen molar-refractivity contribution in [3.63, 3.8) is 0 Å². The van der Waals surface area contributed by atoms with Gasteiger partial charge >= 0.3 is 6.03 Å². The summed E-state index contributed by atoms with van der Waals surface area (Å²) in [5.74, 6) is 0.997. The van der Waals surface area contributed by atoms with Gasteiger partial charge in [0.2, 0.25) is 0 Å². The molecule has 4 rings (SSSR count). The van der Waals surface area contributed by atoms with Crippen LogP contribution in [0.3, 0.4) is 0 Å². The smallest absolute Gasteiger partial charge is 0.319 e. The van der Waals surface area contributed by atoms with Crippen LogP contribution in [-0.4, -0.2) is 36.1 Å². The van der Waals surface area contributed by atoms with E-state index in [0.29, 0.717) is 32.9 Å². The first-order chi connectivity index (χ1) is 17.0. The number of thiazole rings is 1. The molecule has 1 fully saturated rings. The van der Waals surface area contributed by atoms with Crippen LogP contribution in [0, 0.1) is 0 Å². The van der Waals surface area contributed by atoms with E-state index in [1.807, 2.05) is 12.1 Å². The van der Waals surface area contributed by atoms with Gasteiger partial charge in [-0.05, 0) is 49.2 Å². The maximum atomic E-state index is 12.9. The number of carbonyl (C=O) groups excluding carboxylic acids is 2. The minimum Gasteiger partial charge on any atom is -0.495 e. The molecule has 1 heterocycles. The number of nitrogens with zero attached hydrogens (tertiary/aromatic N) is 1. The Labute approximate surface area is 213 Å². The zero-order valence-corrected chi connectivity index (χ0v) is 20.8. The molecule has 10 heteroatoms. The fourth-order valence-corrected chi connectivity index (χ4v) is 4.76. The van der Waals surface area contributed by atoms with Crippen molar-refractivity contribution < 1.29 is 19.1 Å². The average Bonchev–Trinajstić information content (AvgIpc) is 3.34. The summed E-state index contributed by atoms with van der Waals surface area (Å²) in [6, 6.07) is 13.6. The first kappa shape index (κ1) is 24.8. The molecule has 1 aromatic heterocycles. The van der Waals surface area contributed by atoms with Crippen LogP contribution >= 0.6 is 22.9 Å². The molecular formula is C25H27ClN4O4S. The molecule has 1 aliphatic rings. The standard InChI is InChI=1S/C25H27ClN4O4S/c1-33-22-9-5-4-8-20(22)30-25(32)29-19-7-3-2-6-18(19)28-24(31)21-15-35-23(27-21)14-34-17-12-10-16(26)11-13-17/h4-5,8-13,15,18-19H,2-3,6-7,14H2,1H3,(H,28,31)(H2,29,30,32)/t18-,19-/m0/s1. The lowest BCUT2D eigenvalue weighted by Crippen LogP contribution is -2.54. The van der Waals surface area contributed by atoms with Gasteiger partial charge in [-0.15, -0.1) is 11.3 Å². The third kappa shape index (κ3) is 6.86. The molecule has 1 saturated carbocycles. The Kier molecular flexibility index (Phi) is 8.44. The van der Waals surface area contributed by atoms with Gasteiger partial charge in [-0.3, -0.25) is 4.79 Å². The maximum Gasteiger partial charge on any atom is 0.319 e. The summed E-state index contributed by atoms with van der Waals surface area (Å²) in [4.78, 5) is 29.9. The SMILES string of the molecule is COc1ccccc1NC(=O)N[C@H]1CCCC[C@@H]1NC(=O)c1csc(COc2ccc(Cl)cc2)n1. The molecule has 3 aromatic rings. The van der Waals surface area contributed by atoms with Crippen LogP contribution in [0.4, 0.5) is 10.5 Å². The molecule has 35 heavy (non-hydrogen) atoms. The number of rotatable bonds is 8. The lowest BCUT2D eigenvalue weighted by Gasteiger charge is -2.32. The number of amides is 3. The summed E-state index contributed by atoms with van der Waals surface area (Å²) in [5, 5.41) is 11.9. The zero-order chi connectivity index (χ0) is 24.6. The second-order valence-corrected chi connectivity index (χ2v) is 9.52. The number of para-hydroxylation sites is 2. The van der Waals surface area contributed by atoms with Crippen molar-refractivity contribution >= 4 is 40.6 Å². The lowest BCUT2D eigenvalue weighted by atomic mass is 9.90. The second kappa shape index (κ2) is 11.9. The van der Waals surface area contributed by atoms with Crippen molar-refractivity contribution in [1.82, 2.24) is 15.6 Å². The molecule has 0 aliphatic heterocycles. The maximum absolute atomic E-state index is 12.9. The van der Waals surface area contributed by atoms with E-state index in [4.69, 9.17) is 21.1 Å². The second-order valence-electron chi connectivity index (χ2n) is 8.14. The van der Waals surface area contributed by atoms with E-state index in [1.54, 1.807) is 48.9 Å². The molecule has 3 N–H and O–H groups in total. The van der Waals surface area contributed by atoms with Gasteiger partial charge in [0, 0.05) is 16.4 Å². The number of benzene rings is 2. The van der Waals surface area contributed by atoms with Gasteiger partial charge < -0.3 is 25.4 Å². The highest BCUT2D eigenvalue weighted by Crippen LogP contribution is 2.24. The number of methoxy groups -OCH3 is 1. The summed E-state index contributed by atoms with van der Waals surface area (Å²) < 4.78 is 11.0. The predicted molar refractivity (Wildman–Crippen MR) is 137 cm³/mol. The number of halogens is 1. The summed E-state index contributed by atoms with van der Waals surface area (Å²) in [5.41, 5.74) is 0.923. The van der Waals surface area contributed by atoms with Crippen molar-refractivity contribution in [3.8, 4) is 11.5 Å². The van der Waals surface area contributed by atoms with Crippen molar-refractivity contribution in [2.75, 3.05) is 12.4 Å². The molecule has 0 unspecified atom stereocenters. The Morgan fingerprint density at radius 3 is 2.51 bits per heavy atom. The molecule has 0 radical (unpaired) electrons. The van der Waals surface area contributed by atoms with Crippen LogP contribution < -0.4 is 25.4 Å². The van der Waals surface area contributed by atoms with E-state index in [0.717, 1.165) is 25.7 Å². The van der Waals surface area contributed by atoms with Crippen molar-refractivity contribution in [2.24, 2.45) is 0 Å². The van der Waals surface area contributed by atoms with Gasteiger partial charge in [0.05, 0.1) is 18.8 Å². The van der Waals surface area contributed by atoms with E-state index in [1.165, 1.54) is 11.3 Å². The number of nitrogens with one attached hydrogen (secondary N) is 3.